The van der Waals surface area contributed by atoms with Crippen LogP contribution in [0.15, 0.2) is 18.2 Å². The Kier molecular flexibility index (Phi) is 5.16. The molecule has 2 rings (SSSR count). The van der Waals surface area contributed by atoms with Gasteiger partial charge in [0.2, 0.25) is 0 Å². The number of hydrogen-bond acceptors (Lipinski definition) is 4. The molecule has 0 heterocycles. The number of nitrogens with zero attached hydrogens (tertiary/aromatic N) is 1. The van der Waals surface area contributed by atoms with Crippen LogP contribution in [0.5, 0.6) is 5.75 Å². The smallest absolute Gasteiger partial charge is 0.417 e. The minimum atomic E-state index is -4.58. The summed E-state index contributed by atoms with van der Waals surface area (Å²) in [7, 11) is 0. The van der Waals surface area contributed by atoms with Gasteiger partial charge in [0.15, 0.2) is 0 Å². The van der Waals surface area contributed by atoms with Gasteiger partial charge in [-0.25, -0.2) is 4.79 Å². The lowest BCUT2D eigenvalue weighted by molar-refractivity contribution is -0.137. The lowest BCUT2D eigenvalue weighted by Crippen LogP contribution is -2.50. The minimum absolute atomic E-state index is 0.107. The first-order valence-corrected chi connectivity index (χ1v) is 7.75. The fourth-order valence-electron chi connectivity index (χ4n) is 2.38. The van der Waals surface area contributed by atoms with Crippen molar-refractivity contribution in [3.63, 3.8) is 0 Å². The molecule has 136 valence electrons. The van der Waals surface area contributed by atoms with Gasteiger partial charge in [0.05, 0.1) is 17.2 Å². The van der Waals surface area contributed by atoms with Gasteiger partial charge in [-0.2, -0.15) is 18.4 Å². The number of benzene rings is 1. The molecule has 1 amide bonds. The lowest BCUT2D eigenvalue weighted by atomic mass is 9.89. The van der Waals surface area contributed by atoms with E-state index in [0.29, 0.717) is 12.8 Å². The van der Waals surface area contributed by atoms with Gasteiger partial charge in [-0.05, 0) is 39.0 Å². The van der Waals surface area contributed by atoms with Crippen LogP contribution in [0.3, 0.4) is 0 Å². The van der Waals surface area contributed by atoms with Crippen molar-refractivity contribution >= 4 is 6.09 Å². The topological polar surface area (TPSA) is 71.3 Å². The molecule has 1 saturated carbocycles. The number of alkyl carbamates (subject to hydrolysis) is 1. The van der Waals surface area contributed by atoms with Crippen molar-refractivity contribution in [3.8, 4) is 11.8 Å². The first kappa shape index (κ1) is 18.9. The number of nitriles is 1. The molecule has 0 unspecified atom stereocenters. The van der Waals surface area contributed by atoms with E-state index in [1.165, 1.54) is 12.1 Å². The van der Waals surface area contributed by atoms with E-state index in [2.05, 4.69) is 5.32 Å². The van der Waals surface area contributed by atoms with Crippen molar-refractivity contribution in [2.45, 2.75) is 57.5 Å². The second-order valence-electron chi connectivity index (χ2n) is 6.87. The van der Waals surface area contributed by atoms with E-state index in [0.717, 1.165) is 12.1 Å². The number of rotatable bonds is 3. The summed E-state index contributed by atoms with van der Waals surface area (Å²) < 4.78 is 49.0. The fourth-order valence-corrected chi connectivity index (χ4v) is 2.38. The third-order valence-electron chi connectivity index (χ3n) is 3.54. The number of halogens is 3. The van der Waals surface area contributed by atoms with E-state index < -0.39 is 29.0 Å². The van der Waals surface area contributed by atoms with Crippen LogP contribution >= 0.6 is 0 Å². The molecule has 5 nitrogen and oxygen atoms in total. The van der Waals surface area contributed by atoms with E-state index >= 15 is 0 Å². The average Bonchev–Trinajstić information content (AvgIpc) is 2.41. The average molecular weight is 356 g/mol. The number of amides is 1. The Morgan fingerprint density at radius 3 is 2.44 bits per heavy atom. The highest BCUT2D eigenvalue weighted by atomic mass is 19.4. The molecule has 0 bridgehead atoms. The quantitative estimate of drug-likeness (QED) is 0.888. The number of carbonyl (C=O) groups excluding carboxylic acids is 1. The van der Waals surface area contributed by atoms with Crippen LogP contribution in [0.2, 0.25) is 0 Å². The van der Waals surface area contributed by atoms with E-state index in [4.69, 9.17) is 14.7 Å². The number of carbonyl (C=O) groups is 1. The maximum Gasteiger partial charge on any atom is 0.417 e. The molecule has 0 radical (unpaired) electrons. The normalized spacial score (nSPS) is 20.2. The van der Waals surface area contributed by atoms with Gasteiger partial charge in [-0.1, -0.05) is 0 Å². The Morgan fingerprint density at radius 1 is 1.28 bits per heavy atom. The standard InChI is InChI=1S/C17H19F3N2O3/c1-16(2,3)25-15(23)22-11-7-13(8-11)24-12-4-5-14(17(18,19)20)10(6-12)9-21/h4-6,11,13H,7-8H2,1-3H3,(H,22,23). The number of hydrogen-bond donors (Lipinski definition) is 1. The van der Waals surface area contributed by atoms with Crippen molar-refractivity contribution in [1.29, 1.82) is 5.26 Å². The van der Waals surface area contributed by atoms with Crippen LogP contribution in [0.25, 0.3) is 0 Å². The van der Waals surface area contributed by atoms with Crippen LogP contribution in [0.1, 0.15) is 44.7 Å². The summed E-state index contributed by atoms with van der Waals surface area (Å²) >= 11 is 0. The second-order valence-corrected chi connectivity index (χ2v) is 6.87. The molecule has 0 spiro atoms. The maximum absolute atomic E-state index is 12.8. The molecule has 1 aromatic carbocycles. The number of alkyl halides is 3. The van der Waals surface area contributed by atoms with Gasteiger partial charge in [0.25, 0.3) is 0 Å². The Hall–Kier alpha value is -2.43. The van der Waals surface area contributed by atoms with Crippen LogP contribution in [0, 0.1) is 11.3 Å². The molecule has 25 heavy (non-hydrogen) atoms. The van der Waals surface area contributed by atoms with Crippen LogP contribution in [0.4, 0.5) is 18.0 Å². The maximum atomic E-state index is 12.8. The van der Waals surface area contributed by atoms with Gasteiger partial charge >= 0.3 is 12.3 Å². The molecule has 8 heteroatoms. The highest BCUT2D eigenvalue weighted by molar-refractivity contribution is 5.68. The van der Waals surface area contributed by atoms with Crippen molar-refractivity contribution in [1.82, 2.24) is 5.32 Å². The van der Waals surface area contributed by atoms with Gasteiger partial charge in [0.1, 0.15) is 17.5 Å². The molecule has 0 aliphatic heterocycles. The highest BCUT2D eigenvalue weighted by Crippen LogP contribution is 2.34. The van der Waals surface area contributed by atoms with Crippen molar-refractivity contribution in [2.24, 2.45) is 0 Å². The Morgan fingerprint density at radius 2 is 1.92 bits per heavy atom. The zero-order valence-corrected chi connectivity index (χ0v) is 14.1. The van der Waals surface area contributed by atoms with E-state index in [1.54, 1.807) is 20.8 Å². The molecular formula is C17H19F3N2O3. The molecule has 1 aliphatic carbocycles. The van der Waals surface area contributed by atoms with Crippen molar-refractivity contribution < 1.29 is 27.4 Å². The number of nitrogens with one attached hydrogen (secondary N) is 1. The Bertz CT molecular complexity index is 684. The molecule has 0 atom stereocenters. The summed E-state index contributed by atoms with van der Waals surface area (Å²) in [6.07, 6.45) is -4.30. The summed E-state index contributed by atoms with van der Waals surface area (Å²) in [5.41, 5.74) is -2.05. The monoisotopic (exact) mass is 356 g/mol. The fraction of sp³-hybridized carbons (Fsp3) is 0.529. The summed E-state index contributed by atoms with van der Waals surface area (Å²) in [6.45, 7) is 5.28. The van der Waals surface area contributed by atoms with E-state index in [-0.39, 0.29) is 17.9 Å². The Balaban J connectivity index is 1.87. The molecule has 1 fully saturated rings. The highest BCUT2D eigenvalue weighted by Gasteiger charge is 2.35. The first-order valence-electron chi connectivity index (χ1n) is 7.75. The van der Waals surface area contributed by atoms with Crippen LogP contribution in [-0.4, -0.2) is 23.8 Å². The second kappa shape index (κ2) is 6.82. The predicted octanol–water partition coefficient (Wildman–Crippen LogP) is 4.01. The molecule has 0 aromatic heterocycles. The largest absolute Gasteiger partial charge is 0.490 e. The molecule has 1 N–H and O–H groups in total. The molecule has 1 aromatic rings. The third-order valence-corrected chi connectivity index (χ3v) is 3.54. The zero-order valence-electron chi connectivity index (χ0n) is 14.1. The Labute approximate surface area is 143 Å². The van der Waals surface area contributed by atoms with Gasteiger partial charge in [0, 0.05) is 18.9 Å². The van der Waals surface area contributed by atoms with Gasteiger partial charge < -0.3 is 14.8 Å². The SMILES string of the molecule is CC(C)(C)OC(=O)NC1CC(Oc2ccc(C(F)(F)F)c(C#N)c2)C1. The minimum Gasteiger partial charge on any atom is -0.490 e. The zero-order chi connectivity index (χ0) is 18.8. The molecular weight excluding hydrogens is 337 g/mol. The van der Waals surface area contributed by atoms with Crippen molar-refractivity contribution in [2.75, 3.05) is 0 Å². The summed E-state index contributed by atoms with van der Waals surface area (Å²) in [6, 6.07) is 4.54. The lowest BCUT2D eigenvalue weighted by Gasteiger charge is -2.36. The van der Waals surface area contributed by atoms with Crippen LogP contribution < -0.4 is 10.1 Å². The molecule has 1 aliphatic rings. The van der Waals surface area contributed by atoms with Gasteiger partial charge in [-0.15, -0.1) is 0 Å². The van der Waals surface area contributed by atoms with Crippen LogP contribution in [-0.2, 0) is 10.9 Å². The first-order chi connectivity index (χ1) is 11.5. The molecule has 0 saturated heterocycles. The predicted molar refractivity (Wildman–Crippen MR) is 83.0 cm³/mol. The van der Waals surface area contributed by atoms with E-state index in [1.807, 2.05) is 0 Å². The summed E-state index contributed by atoms with van der Waals surface area (Å²) in [4.78, 5) is 11.6. The summed E-state index contributed by atoms with van der Waals surface area (Å²) in [5.74, 6) is 0.199. The van der Waals surface area contributed by atoms with Crippen molar-refractivity contribution in [3.05, 3.63) is 29.3 Å². The third kappa shape index (κ3) is 5.28. The summed E-state index contributed by atoms with van der Waals surface area (Å²) in [5, 5.41) is 11.6. The van der Waals surface area contributed by atoms with E-state index in [9.17, 15) is 18.0 Å². The van der Waals surface area contributed by atoms with Gasteiger partial charge in [-0.3, -0.25) is 0 Å². The number of ether oxygens (including phenoxy) is 2.